The minimum atomic E-state index is -0.789. The minimum Gasteiger partial charge on any atom is -0.345 e. The van der Waals surface area contributed by atoms with Crippen LogP contribution in [0.2, 0.25) is 0 Å². The summed E-state index contributed by atoms with van der Waals surface area (Å²) in [6.45, 7) is 9.32. The lowest BCUT2D eigenvalue weighted by atomic mass is 10.00. The monoisotopic (exact) mass is 425 g/mol. The molecule has 0 aliphatic heterocycles. The Kier molecular flexibility index (Phi) is 13.9. The second-order valence-corrected chi connectivity index (χ2v) is 8.74. The van der Waals surface area contributed by atoms with Gasteiger partial charge < -0.3 is 20.7 Å². The molecule has 0 saturated carbocycles. The first-order valence-corrected chi connectivity index (χ1v) is 11.3. The molecule has 3 atom stereocenters. The fraction of sp³-hybridized carbons (Fsp3) is 0.714. The number of hydrogen-bond donors (Lipinski definition) is 3. The third-order valence-electron chi connectivity index (χ3n) is 4.03. The van der Waals surface area contributed by atoms with Gasteiger partial charge in [0.25, 0.3) is 5.91 Å². The molecule has 0 fully saturated rings. The van der Waals surface area contributed by atoms with Gasteiger partial charge in [0.2, 0.25) is 11.8 Å². The zero-order valence-corrected chi connectivity index (χ0v) is 19.2. The van der Waals surface area contributed by atoms with E-state index in [4.69, 9.17) is 0 Å². The van der Waals surface area contributed by atoms with Gasteiger partial charge in [0, 0.05) is 0 Å². The molecule has 0 saturated heterocycles. The van der Waals surface area contributed by atoms with Crippen molar-refractivity contribution in [2.45, 2.75) is 72.0 Å². The zero-order valence-electron chi connectivity index (χ0n) is 18.3. The van der Waals surface area contributed by atoms with Crippen molar-refractivity contribution in [3.8, 4) is 11.8 Å². The number of amides is 3. The van der Waals surface area contributed by atoms with Gasteiger partial charge in [-0.25, -0.2) is 0 Å². The third-order valence-corrected chi connectivity index (χ3v) is 4.68. The van der Waals surface area contributed by atoms with Crippen molar-refractivity contribution in [3.63, 3.8) is 0 Å². The fourth-order valence-electron chi connectivity index (χ4n) is 2.69. The van der Waals surface area contributed by atoms with E-state index in [1.165, 1.54) is 0 Å². The highest BCUT2D eigenvalue weighted by atomic mass is 32.2. The van der Waals surface area contributed by atoms with Crippen LogP contribution in [0.25, 0.3) is 0 Å². The van der Waals surface area contributed by atoms with E-state index in [1.807, 2.05) is 34.0 Å². The van der Waals surface area contributed by atoms with Crippen LogP contribution in [0.15, 0.2) is 0 Å². The van der Waals surface area contributed by atoms with Crippen molar-refractivity contribution < 1.29 is 19.2 Å². The summed E-state index contributed by atoms with van der Waals surface area (Å²) in [5.41, 5.74) is 0. The molecule has 29 heavy (non-hydrogen) atoms. The number of aldehydes is 1. The summed E-state index contributed by atoms with van der Waals surface area (Å²) in [5, 5.41) is 8.07. The molecule has 0 aromatic carbocycles. The number of rotatable bonds is 13. The highest BCUT2D eigenvalue weighted by Crippen LogP contribution is 2.09. The standard InChI is InChI=1S/C21H35N3O4S/c1-7-8-19(26)23-17(11-14(2)3)21(28)24-18(12-15(4)5)20(27)22-16(13-25)9-10-29-6/h13-18H,9-12H2,1-6H3,(H,22,27)(H,23,26)(H,24,28). The zero-order chi connectivity index (χ0) is 22.4. The van der Waals surface area contributed by atoms with Crippen molar-refractivity contribution >= 4 is 35.8 Å². The van der Waals surface area contributed by atoms with Crippen LogP contribution in [0.1, 0.15) is 53.9 Å². The van der Waals surface area contributed by atoms with Crippen LogP contribution in [0.5, 0.6) is 0 Å². The predicted molar refractivity (Wildman–Crippen MR) is 117 cm³/mol. The second-order valence-electron chi connectivity index (χ2n) is 7.75. The van der Waals surface area contributed by atoms with Gasteiger partial charge in [-0.3, -0.25) is 14.4 Å². The van der Waals surface area contributed by atoms with E-state index in [9.17, 15) is 19.2 Å². The Morgan fingerprint density at radius 3 is 1.90 bits per heavy atom. The molecule has 8 heteroatoms. The van der Waals surface area contributed by atoms with Gasteiger partial charge in [-0.1, -0.05) is 33.6 Å². The molecule has 0 radical (unpaired) electrons. The average Bonchev–Trinajstić information content (AvgIpc) is 2.63. The molecular formula is C21H35N3O4S. The van der Waals surface area contributed by atoms with Crippen molar-refractivity contribution in [2.24, 2.45) is 11.8 Å². The van der Waals surface area contributed by atoms with Gasteiger partial charge in [-0.05, 0) is 56.0 Å². The Bertz CT molecular complexity index is 611. The van der Waals surface area contributed by atoms with Crippen LogP contribution >= 0.6 is 11.8 Å². The summed E-state index contributed by atoms with van der Waals surface area (Å²) in [5.74, 6) is 4.56. The van der Waals surface area contributed by atoms with E-state index in [-0.39, 0.29) is 11.8 Å². The van der Waals surface area contributed by atoms with E-state index in [0.717, 1.165) is 5.75 Å². The number of carbonyl (C=O) groups is 4. The molecule has 0 aliphatic rings. The summed E-state index contributed by atoms with van der Waals surface area (Å²) in [6, 6.07) is -2.17. The summed E-state index contributed by atoms with van der Waals surface area (Å²) in [6.07, 6.45) is 4.01. The van der Waals surface area contributed by atoms with Gasteiger partial charge in [-0.2, -0.15) is 11.8 Å². The van der Waals surface area contributed by atoms with E-state index < -0.39 is 35.8 Å². The summed E-state index contributed by atoms with van der Waals surface area (Å²) in [7, 11) is 0. The van der Waals surface area contributed by atoms with Crippen LogP contribution < -0.4 is 16.0 Å². The van der Waals surface area contributed by atoms with Gasteiger partial charge in [-0.15, -0.1) is 0 Å². The summed E-state index contributed by atoms with van der Waals surface area (Å²) in [4.78, 5) is 48.6. The Morgan fingerprint density at radius 2 is 1.45 bits per heavy atom. The number of nitrogens with one attached hydrogen (secondary N) is 3. The van der Waals surface area contributed by atoms with Crippen LogP contribution in [-0.4, -0.2) is 54.1 Å². The SMILES string of the molecule is CC#CC(=O)NC(CC(C)C)C(=O)NC(CC(C)C)C(=O)NC(C=O)CCSC. The maximum Gasteiger partial charge on any atom is 0.296 e. The van der Waals surface area contributed by atoms with E-state index >= 15 is 0 Å². The quantitative estimate of drug-likeness (QED) is 0.306. The number of carbonyl (C=O) groups excluding carboxylic acids is 4. The summed E-state index contributed by atoms with van der Waals surface area (Å²) < 4.78 is 0. The molecule has 0 aromatic heterocycles. The van der Waals surface area contributed by atoms with Crippen molar-refractivity contribution in [1.82, 2.24) is 16.0 Å². The molecular weight excluding hydrogens is 390 g/mol. The van der Waals surface area contributed by atoms with E-state index in [1.54, 1.807) is 18.7 Å². The Balaban J connectivity index is 5.28. The third kappa shape index (κ3) is 12.2. The fourth-order valence-corrected chi connectivity index (χ4v) is 3.18. The first-order chi connectivity index (χ1) is 13.6. The van der Waals surface area contributed by atoms with Crippen LogP contribution in [0.4, 0.5) is 0 Å². The molecule has 0 aliphatic carbocycles. The average molecular weight is 426 g/mol. The lowest BCUT2D eigenvalue weighted by Crippen LogP contribution is -2.55. The Labute approximate surface area is 178 Å². The molecule has 3 N–H and O–H groups in total. The molecule has 0 heterocycles. The first-order valence-electron chi connectivity index (χ1n) is 9.92. The molecule has 0 bridgehead atoms. The Hall–Kier alpha value is -2.01. The number of hydrogen-bond acceptors (Lipinski definition) is 5. The van der Waals surface area contributed by atoms with Crippen LogP contribution in [0.3, 0.4) is 0 Å². The predicted octanol–water partition coefficient (Wildman–Crippen LogP) is 1.51. The number of thioether (sulfide) groups is 1. The molecule has 0 aromatic rings. The molecule has 3 unspecified atom stereocenters. The maximum atomic E-state index is 12.8. The normalized spacial score (nSPS) is 13.7. The highest BCUT2D eigenvalue weighted by Gasteiger charge is 2.28. The van der Waals surface area contributed by atoms with Gasteiger partial charge in [0.1, 0.15) is 18.4 Å². The van der Waals surface area contributed by atoms with Crippen LogP contribution in [0, 0.1) is 23.7 Å². The topological polar surface area (TPSA) is 104 Å². The van der Waals surface area contributed by atoms with Gasteiger partial charge in [0.05, 0.1) is 6.04 Å². The Morgan fingerprint density at radius 1 is 0.931 bits per heavy atom. The highest BCUT2D eigenvalue weighted by molar-refractivity contribution is 7.98. The molecule has 0 rings (SSSR count). The lowest BCUT2D eigenvalue weighted by Gasteiger charge is -2.25. The maximum absolute atomic E-state index is 12.8. The second kappa shape index (κ2) is 14.9. The molecule has 0 spiro atoms. The van der Waals surface area contributed by atoms with Crippen molar-refractivity contribution in [1.29, 1.82) is 0 Å². The molecule has 3 amide bonds. The first kappa shape index (κ1) is 27.0. The van der Waals surface area contributed by atoms with Gasteiger partial charge in [0.15, 0.2) is 0 Å². The van der Waals surface area contributed by atoms with Crippen molar-refractivity contribution in [3.05, 3.63) is 0 Å². The molecule has 164 valence electrons. The largest absolute Gasteiger partial charge is 0.345 e. The van der Waals surface area contributed by atoms with Gasteiger partial charge >= 0.3 is 0 Å². The smallest absolute Gasteiger partial charge is 0.296 e. The molecule has 7 nitrogen and oxygen atoms in total. The van der Waals surface area contributed by atoms with Crippen molar-refractivity contribution in [2.75, 3.05) is 12.0 Å². The lowest BCUT2D eigenvalue weighted by molar-refractivity contribution is -0.132. The van der Waals surface area contributed by atoms with Crippen LogP contribution in [-0.2, 0) is 19.2 Å². The summed E-state index contributed by atoms with van der Waals surface area (Å²) >= 11 is 1.59. The van der Waals surface area contributed by atoms with E-state index in [0.29, 0.717) is 25.5 Å². The minimum absolute atomic E-state index is 0.149. The van der Waals surface area contributed by atoms with E-state index in [2.05, 4.69) is 27.8 Å².